The fraction of sp³-hybridized carbons (Fsp3) is 0.263. The molecule has 2 fully saturated rings. The molecule has 140 valence electrons. The summed E-state index contributed by atoms with van der Waals surface area (Å²) in [6.07, 6.45) is 1.70. The molecule has 0 N–H and O–H groups in total. The van der Waals surface area contributed by atoms with Crippen molar-refractivity contribution in [2.24, 2.45) is 0 Å². The van der Waals surface area contributed by atoms with Gasteiger partial charge in [-0.15, -0.1) is 0 Å². The Hall–Kier alpha value is -2.00. The number of nitrogens with zero attached hydrogens (tertiary/aromatic N) is 2. The molecule has 0 spiro atoms. The van der Waals surface area contributed by atoms with Crippen molar-refractivity contribution in [1.29, 1.82) is 0 Å². The molecule has 1 aromatic carbocycles. The summed E-state index contributed by atoms with van der Waals surface area (Å²) in [6, 6.07) is 9.66. The number of thiocarbonyl (C=S) groups is 1. The van der Waals surface area contributed by atoms with Crippen molar-refractivity contribution in [2.75, 3.05) is 33.0 Å². The first-order valence-electron chi connectivity index (χ1n) is 8.51. The Morgan fingerprint density at radius 1 is 1.15 bits per heavy atom. The molecule has 2 aliphatic rings. The highest BCUT2D eigenvalue weighted by atomic mass is 32.2. The summed E-state index contributed by atoms with van der Waals surface area (Å²) in [4.78, 5) is 17.0. The van der Waals surface area contributed by atoms with E-state index in [1.54, 1.807) is 35.2 Å². The van der Waals surface area contributed by atoms with Gasteiger partial charge in [-0.2, -0.15) is 0 Å². The first kappa shape index (κ1) is 18.4. The van der Waals surface area contributed by atoms with E-state index >= 15 is 0 Å². The van der Waals surface area contributed by atoms with Crippen molar-refractivity contribution in [3.8, 4) is 11.3 Å². The van der Waals surface area contributed by atoms with E-state index in [2.05, 4.69) is 4.90 Å². The molecule has 4 rings (SSSR count). The van der Waals surface area contributed by atoms with Crippen LogP contribution in [0.25, 0.3) is 17.4 Å². The van der Waals surface area contributed by atoms with Crippen LogP contribution in [0.1, 0.15) is 5.76 Å². The predicted octanol–water partition coefficient (Wildman–Crippen LogP) is 3.58. The van der Waals surface area contributed by atoms with Gasteiger partial charge in [-0.05, 0) is 36.4 Å². The lowest BCUT2D eigenvalue weighted by Crippen LogP contribution is -2.45. The van der Waals surface area contributed by atoms with Gasteiger partial charge in [0.1, 0.15) is 21.7 Å². The monoisotopic (exact) mass is 404 g/mol. The molecule has 2 aromatic rings. The highest BCUT2D eigenvalue weighted by Crippen LogP contribution is 2.33. The second-order valence-electron chi connectivity index (χ2n) is 6.19. The zero-order chi connectivity index (χ0) is 18.8. The number of furan rings is 1. The number of halogens is 1. The standard InChI is InChI=1S/C19H17FN2O3S2/c20-14-3-1-13(2-4-14)16-6-5-15(25-16)11-17-18(23)22(19(26)27-17)12-21-7-9-24-10-8-21/h1-6,11H,7-10,12H2/b17-11+. The Morgan fingerprint density at radius 3 is 2.63 bits per heavy atom. The van der Waals surface area contributed by atoms with Crippen molar-refractivity contribution < 1.29 is 18.3 Å². The summed E-state index contributed by atoms with van der Waals surface area (Å²) < 4.78 is 24.7. The number of amides is 1. The minimum atomic E-state index is -0.297. The molecule has 8 heteroatoms. The second-order valence-corrected chi connectivity index (χ2v) is 7.87. The van der Waals surface area contributed by atoms with Gasteiger partial charge in [-0.1, -0.05) is 24.0 Å². The van der Waals surface area contributed by atoms with E-state index in [0.717, 1.165) is 18.7 Å². The van der Waals surface area contributed by atoms with Gasteiger partial charge in [-0.25, -0.2) is 4.39 Å². The average Bonchev–Trinajstić information content (AvgIpc) is 3.24. The van der Waals surface area contributed by atoms with Crippen molar-refractivity contribution in [3.63, 3.8) is 0 Å². The van der Waals surface area contributed by atoms with Crippen LogP contribution in [0.3, 0.4) is 0 Å². The molecule has 0 bridgehead atoms. The summed E-state index contributed by atoms with van der Waals surface area (Å²) in [5.41, 5.74) is 0.774. The van der Waals surface area contributed by atoms with Crippen LogP contribution in [0.15, 0.2) is 45.7 Å². The van der Waals surface area contributed by atoms with E-state index in [-0.39, 0.29) is 11.7 Å². The summed E-state index contributed by atoms with van der Waals surface area (Å²) in [6.45, 7) is 3.39. The molecule has 27 heavy (non-hydrogen) atoms. The lowest BCUT2D eigenvalue weighted by Gasteiger charge is -2.29. The number of rotatable bonds is 4. The molecule has 3 heterocycles. The van der Waals surface area contributed by atoms with Crippen LogP contribution in [0, 0.1) is 5.82 Å². The number of carbonyl (C=O) groups excluding carboxylic acids is 1. The SMILES string of the molecule is O=C1/C(=C\c2ccc(-c3ccc(F)cc3)o2)SC(=S)N1CN1CCOCC1. The van der Waals surface area contributed by atoms with E-state index < -0.39 is 0 Å². The van der Waals surface area contributed by atoms with Gasteiger partial charge < -0.3 is 9.15 Å². The van der Waals surface area contributed by atoms with Crippen molar-refractivity contribution in [3.05, 3.63) is 52.9 Å². The number of morpholine rings is 1. The zero-order valence-electron chi connectivity index (χ0n) is 14.4. The molecule has 0 unspecified atom stereocenters. The molecule has 0 aliphatic carbocycles. The number of ether oxygens (including phenoxy) is 1. The Kier molecular flexibility index (Phi) is 5.40. The average molecular weight is 404 g/mol. The summed E-state index contributed by atoms with van der Waals surface area (Å²) in [5, 5.41) is 0. The van der Waals surface area contributed by atoms with Crippen LogP contribution in [-0.2, 0) is 9.53 Å². The largest absolute Gasteiger partial charge is 0.457 e. The smallest absolute Gasteiger partial charge is 0.267 e. The van der Waals surface area contributed by atoms with Crippen LogP contribution < -0.4 is 0 Å². The molecule has 1 amide bonds. The lowest BCUT2D eigenvalue weighted by molar-refractivity contribution is -0.124. The fourth-order valence-electron chi connectivity index (χ4n) is 2.89. The van der Waals surface area contributed by atoms with Gasteiger partial charge in [-0.3, -0.25) is 14.6 Å². The molecule has 2 aliphatic heterocycles. The second kappa shape index (κ2) is 7.93. The molecular weight excluding hydrogens is 387 g/mol. The van der Waals surface area contributed by atoms with Crippen LogP contribution >= 0.6 is 24.0 Å². The molecule has 0 atom stereocenters. The van der Waals surface area contributed by atoms with E-state index in [1.807, 2.05) is 0 Å². The molecule has 0 saturated carbocycles. The number of thioether (sulfide) groups is 1. The maximum atomic E-state index is 13.1. The first-order chi connectivity index (χ1) is 13.1. The van der Waals surface area contributed by atoms with E-state index in [0.29, 0.717) is 40.6 Å². The quantitative estimate of drug-likeness (QED) is 0.573. The van der Waals surface area contributed by atoms with E-state index in [1.165, 1.54) is 23.9 Å². The van der Waals surface area contributed by atoms with Crippen LogP contribution in [0.4, 0.5) is 4.39 Å². The number of carbonyl (C=O) groups is 1. The minimum absolute atomic E-state index is 0.115. The Balaban J connectivity index is 1.48. The van der Waals surface area contributed by atoms with Crippen molar-refractivity contribution >= 4 is 40.3 Å². The molecule has 0 radical (unpaired) electrons. The fourth-order valence-corrected chi connectivity index (χ4v) is 4.11. The molecule has 1 aromatic heterocycles. The van der Waals surface area contributed by atoms with Gasteiger partial charge in [0.2, 0.25) is 0 Å². The predicted molar refractivity (Wildman–Crippen MR) is 106 cm³/mol. The van der Waals surface area contributed by atoms with Crippen LogP contribution in [0.5, 0.6) is 0 Å². The van der Waals surface area contributed by atoms with Crippen molar-refractivity contribution in [1.82, 2.24) is 9.80 Å². The third-order valence-corrected chi connectivity index (χ3v) is 5.73. The Labute approximate surface area is 165 Å². The molecule has 2 saturated heterocycles. The first-order valence-corrected chi connectivity index (χ1v) is 9.74. The number of benzene rings is 1. The third-order valence-electron chi connectivity index (χ3n) is 4.35. The van der Waals surface area contributed by atoms with E-state index in [4.69, 9.17) is 21.4 Å². The maximum Gasteiger partial charge on any atom is 0.267 e. The summed E-state index contributed by atoms with van der Waals surface area (Å²) >= 11 is 6.65. The lowest BCUT2D eigenvalue weighted by atomic mass is 10.2. The highest BCUT2D eigenvalue weighted by Gasteiger charge is 2.33. The molecule has 5 nitrogen and oxygen atoms in total. The number of hydrogen-bond acceptors (Lipinski definition) is 6. The van der Waals surface area contributed by atoms with Gasteiger partial charge in [0.25, 0.3) is 5.91 Å². The summed E-state index contributed by atoms with van der Waals surface area (Å²) in [5.74, 6) is 0.761. The van der Waals surface area contributed by atoms with Gasteiger partial charge >= 0.3 is 0 Å². The third kappa shape index (κ3) is 4.14. The van der Waals surface area contributed by atoms with Crippen molar-refractivity contribution in [2.45, 2.75) is 0 Å². The number of hydrogen-bond donors (Lipinski definition) is 0. The van der Waals surface area contributed by atoms with Gasteiger partial charge in [0.05, 0.1) is 24.8 Å². The minimum Gasteiger partial charge on any atom is -0.457 e. The normalized spacial score (nSPS) is 20.0. The Morgan fingerprint density at radius 2 is 1.89 bits per heavy atom. The van der Waals surface area contributed by atoms with Crippen LogP contribution in [0.2, 0.25) is 0 Å². The maximum absolute atomic E-state index is 13.1. The van der Waals surface area contributed by atoms with Gasteiger partial charge in [0, 0.05) is 24.7 Å². The Bertz CT molecular complexity index is 889. The van der Waals surface area contributed by atoms with E-state index in [9.17, 15) is 9.18 Å². The highest BCUT2D eigenvalue weighted by molar-refractivity contribution is 8.26. The van der Waals surface area contributed by atoms with Crippen LogP contribution in [-0.4, -0.2) is 53.0 Å². The summed E-state index contributed by atoms with van der Waals surface area (Å²) in [7, 11) is 0. The topological polar surface area (TPSA) is 45.9 Å². The zero-order valence-corrected chi connectivity index (χ0v) is 16.0. The molecular formula is C19H17FN2O3S2. The van der Waals surface area contributed by atoms with Gasteiger partial charge in [0.15, 0.2) is 0 Å².